The highest BCUT2D eigenvalue weighted by molar-refractivity contribution is 8.76. The number of nitrogens with one attached hydrogen (secondary N) is 9. The summed E-state index contributed by atoms with van der Waals surface area (Å²) in [5.74, 6) is -13.8. The average molecular weight is 1390 g/mol. The van der Waals surface area contributed by atoms with E-state index in [1.54, 1.807) is 91.1 Å². The molecule has 34 heteroatoms. The first-order chi connectivity index (χ1) is 46.2. The zero-order valence-electron chi connectivity index (χ0n) is 53.6. The number of rotatable bonds is 34. The molecule has 0 spiro atoms. The highest BCUT2D eigenvalue weighted by Crippen LogP contribution is 2.25. The van der Waals surface area contributed by atoms with Crippen molar-refractivity contribution < 1.29 is 93.3 Å². The van der Waals surface area contributed by atoms with Gasteiger partial charge in [-0.25, -0.2) is 0 Å². The number of unbranched alkanes of at least 4 members (excludes halogenated alkanes) is 1. The van der Waals surface area contributed by atoms with Crippen molar-refractivity contribution in [2.24, 2.45) is 5.73 Å². The maximum Gasteiger partial charge on any atom is 0.317 e. The third kappa shape index (κ3) is 27.7. The van der Waals surface area contributed by atoms with Gasteiger partial charge in [0.2, 0.25) is 47.3 Å². The van der Waals surface area contributed by atoms with Gasteiger partial charge >= 0.3 is 23.9 Å². The Labute approximate surface area is 566 Å². The molecule has 1 fully saturated rings. The molecule has 530 valence electrons. The second kappa shape index (κ2) is 40.7. The predicted molar refractivity (Wildman–Crippen MR) is 356 cm³/mol. The second-order valence-corrected chi connectivity index (χ2v) is 25.8. The van der Waals surface area contributed by atoms with Gasteiger partial charge in [-0.1, -0.05) is 100 Å². The second-order valence-electron chi connectivity index (χ2n) is 23.3. The molecule has 2 heterocycles. The Kier molecular flexibility index (Phi) is 33.2. The molecule has 1 aromatic heterocycles. The van der Waals surface area contributed by atoms with Crippen LogP contribution in [-0.4, -0.2) is 271 Å². The summed E-state index contributed by atoms with van der Waals surface area (Å²) in [5, 5.41) is 91.6. The van der Waals surface area contributed by atoms with Gasteiger partial charge in [0.25, 0.3) is 0 Å². The van der Waals surface area contributed by atoms with E-state index in [2.05, 4.69) is 47.5 Å². The average Bonchev–Trinajstić information content (AvgIpc) is 1.76. The fraction of sp³-hybridized carbons (Fsp3) is 0.492. The van der Waals surface area contributed by atoms with Crippen molar-refractivity contribution in [2.75, 3.05) is 83.6 Å². The fourth-order valence-electron chi connectivity index (χ4n) is 10.3. The van der Waals surface area contributed by atoms with Crippen LogP contribution in [0.2, 0.25) is 0 Å². The van der Waals surface area contributed by atoms with Gasteiger partial charge in [0.1, 0.15) is 42.3 Å². The minimum atomic E-state index is -1.78. The smallest absolute Gasteiger partial charge is 0.317 e. The van der Waals surface area contributed by atoms with Gasteiger partial charge in [-0.05, 0) is 62.4 Å². The van der Waals surface area contributed by atoms with Gasteiger partial charge < -0.3 is 89.0 Å². The molecule has 1 saturated heterocycles. The number of fused-ring (bicyclic) bond motifs is 1. The number of carbonyl (C=O) groups excluding carboxylic acids is 8. The third-order valence-electron chi connectivity index (χ3n) is 15.4. The number of carbonyl (C=O) groups is 12. The molecule has 32 nitrogen and oxygen atoms in total. The van der Waals surface area contributed by atoms with Crippen LogP contribution in [0.4, 0.5) is 0 Å². The quantitative estimate of drug-likeness (QED) is 0.0160. The van der Waals surface area contributed by atoms with Crippen LogP contribution in [0.1, 0.15) is 49.8 Å². The number of H-pyrrole nitrogens is 1. The number of aliphatic carboxylic acids is 4. The lowest BCUT2D eigenvalue weighted by atomic mass is 10.0. The Morgan fingerprint density at radius 2 is 1.10 bits per heavy atom. The van der Waals surface area contributed by atoms with E-state index in [1.165, 1.54) is 18.7 Å². The number of aromatic amines is 1. The number of nitrogens with two attached hydrogens (primary N) is 1. The highest BCUT2D eigenvalue weighted by Gasteiger charge is 2.37. The number of para-hydroxylation sites is 1. The van der Waals surface area contributed by atoms with Crippen molar-refractivity contribution in [3.8, 4) is 0 Å². The minimum Gasteiger partial charge on any atom is -0.480 e. The van der Waals surface area contributed by atoms with Crippen molar-refractivity contribution in [3.05, 3.63) is 108 Å². The first-order valence-corrected chi connectivity index (χ1v) is 33.7. The van der Waals surface area contributed by atoms with Crippen molar-refractivity contribution in [1.29, 1.82) is 0 Å². The van der Waals surface area contributed by atoms with Crippen LogP contribution in [0.25, 0.3) is 10.9 Å². The van der Waals surface area contributed by atoms with E-state index in [9.17, 15) is 83.7 Å². The largest absolute Gasteiger partial charge is 0.480 e. The molecule has 0 aliphatic carbocycles. The molecule has 1 aliphatic rings. The number of aliphatic hydroxyl groups is 3. The SMILES string of the molecule is CC(O)C1NC(=O)[C@H](CCCCN)NC(=O)[C@@H](Cc2c[nH]c3ccccc23)NC(=O)[C@H](Cc2ccccc2)NC(=O)[C@@H](NC(=O)[C@@H](Cc2ccccc2)NC(=O)CN(CCN(CCN(CC(=O)O)CC(=O)O)CC(=O)O)CC(=O)O)CSSC[C@@H](C(=O)N[C@H](CO)[C@@H](C)O)NC1=O. The van der Waals surface area contributed by atoms with Gasteiger partial charge in [0, 0.05) is 74.0 Å². The molecule has 18 N–H and O–H groups in total. The Bertz CT molecular complexity index is 3280. The lowest BCUT2D eigenvalue weighted by Crippen LogP contribution is -2.62. The Morgan fingerprint density at radius 1 is 0.588 bits per heavy atom. The van der Waals surface area contributed by atoms with Crippen LogP contribution < -0.4 is 48.3 Å². The number of carboxylic acid groups (broad SMARTS) is 4. The van der Waals surface area contributed by atoms with Crippen LogP contribution in [-0.2, 0) is 76.8 Å². The summed E-state index contributed by atoms with van der Waals surface area (Å²) in [6, 6.07) is 11.7. The molecule has 10 atom stereocenters. The van der Waals surface area contributed by atoms with E-state index in [4.69, 9.17) is 5.73 Å². The monoisotopic (exact) mass is 1390 g/mol. The molecule has 0 bridgehead atoms. The zero-order chi connectivity index (χ0) is 71.1. The Morgan fingerprint density at radius 3 is 1.68 bits per heavy atom. The van der Waals surface area contributed by atoms with Crippen LogP contribution in [0.15, 0.2) is 91.1 Å². The summed E-state index contributed by atoms with van der Waals surface area (Å²) >= 11 is 0. The minimum absolute atomic E-state index is 0.0513. The first-order valence-electron chi connectivity index (χ1n) is 31.2. The molecule has 4 aromatic rings. The topological polar surface area (TPSA) is 494 Å². The van der Waals surface area contributed by atoms with E-state index >= 15 is 9.59 Å². The number of nitrogens with zero attached hydrogens (tertiary/aromatic N) is 3. The Hall–Kier alpha value is -8.74. The van der Waals surface area contributed by atoms with Crippen molar-refractivity contribution in [2.45, 2.75) is 113 Å². The maximum absolute atomic E-state index is 15.2. The molecule has 2 unspecified atom stereocenters. The molecule has 0 radical (unpaired) electrons. The zero-order valence-corrected chi connectivity index (χ0v) is 55.3. The molecule has 97 heavy (non-hydrogen) atoms. The first kappa shape index (κ1) is 79.0. The van der Waals surface area contributed by atoms with Crippen molar-refractivity contribution in [3.63, 3.8) is 0 Å². The van der Waals surface area contributed by atoms with Gasteiger partial charge in [-0.3, -0.25) is 72.2 Å². The third-order valence-corrected chi connectivity index (χ3v) is 17.8. The summed E-state index contributed by atoms with van der Waals surface area (Å²) in [7, 11) is 1.77. The van der Waals surface area contributed by atoms with E-state index in [0.717, 1.165) is 31.4 Å². The molecule has 1 aliphatic heterocycles. The van der Waals surface area contributed by atoms with E-state index in [1.807, 2.05) is 0 Å². The Balaban J connectivity index is 1.57. The van der Waals surface area contributed by atoms with Gasteiger partial charge in [0.05, 0.1) is 57.6 Å². The molecule has 5 rings (SSSR count). The number of aromatic nitrogens is 1. The molecular weight excluding hydrogens is 1310 g/mol. The standard InChI is InChI=1S/C63H87N13O19S2/c1-37(78)48(34-77)70-62(94)50-36-97-96-35-49(71-58(90)45(25-39-13-5-3-6-14-39)66-51(80)29-75(31-53(83)84)23-21-74(30-52(81)82)22-24-76(32-54(85)86)33-55(87)88)61(93)68-46(26-40-15-7-4-8-16-40)59(91)69-47(27-41-28-65-43-18-10-9-17-42(41)43)60(92)67-44(19-11-12-20-64)57(89)73-56(38(2)79)63(95)72-50/h3-10,13-18,28,37-38,44-50,56,65,77-79H,11-12,19-27,29-36,64H2,1-2H3,(H,66,80)(H,67,92)(H,68,93)(H,69,91)(H,70,94)(H,71,90)(H,72,95)(H,73,89)(H,81,82)(H,83,84)(H,85,86)(H,87,88)/t37-,38?,44+,45-,46+,47-,48-,49+,50+,56?/m1/s1. The van der Waals surface area contributed by atoms with E-state index in [-0.39, 0.29) is 70.6 Å². The highest BCUT2D eigenvalue weighted by atomic mass is 33.1. The van der Waals surface area contributed by atoms with Crippen molar-refractivity contribution >= 4 is 104 Å². The maximum atomic E-state index is 15.2. The number of benzene rings is 3. The summed E-state index contributed by atoms with van der Waals surface area (Å²) in [6.45, 7) is -2.46. The van der Waals surface area contributed by atoms with Crippen LogP contribution in [0.5, 0.6) is 0 Å². The van der Waals surface area contributed by atoms with Crippen molar-refractivity contribution in [1.82, 2.24) is 62.2 Å². The summed E-state index contributed by atoms with van der Waals surface area (Å²) in [4.78, 5) is 171. The normalized spacial score (nSPS) is 19.8. The number of hydrogen-bond acceptors (Lipinski definition) is 21. The molecule has 0 saturated carbocycles. The summed E-state index contributed by atoms with van der Waals surface area (Å²) in [6.07, 6.45) is -1.31. The number of aliphatic hydroxyl groups excluding tert-OH is 3. The van der Waals surface area contributed by atoms with Gasteiger partial charge in [-0.2, -0.15) is 0 Å². The summed E-state index contributed by atoms with van der Waals surface area (Å²) in [5.41, 5.74) is 8.10. The lowest BCUT2D eigenvalue weighted by Gasteiger charge is -2.29. The number of hydrogen-bond donors (Lipinski definition) is 17. The van der Waals surface area contributed by atoms with Crippen LogP contribution in [0, 0.1) is 0 Å². The number of amides is 8. The van der Waals surface area contributed by atoms with Gasteiger partial charge in [0.15, 0.2) is 0 Å². The molecular formula is C63H87N13O19S2. The number of carboxylic acids is 4. The fourth-order valence-corrected chi connectivity index (χ4v) is 12.6. The lowest BCUT2D eigenvalue weighted by molar-refractivity contribution is -0.143. The molecule has 8 amide bonds. The van der Waals surface area contributed by atoms with Gasteiger partial charge in [-0.15, -0.1) is 0 Å². The van der Waals surface area contributed by atoms with E-state index < -0.39 is 177 Å². The molecule has 3 aromatic carbocycles. The summed E-state index contributed by atoms with van der Waals surface area (Å²) < 4.78 is 0. The predicted octanol–water partition coefficient (Wildman–Crippen LogP) is -3.40. The van der Waals surface area contributed by atoms with E-state index in [0.29, 0.717) is 34.0 Å². The van der Waals surface area contributed by atoms with Crippen LogP contribution >= 0.6 is 21.6 Å². The van der Waals surface area contributed by atoms with Crippen LogP contribution in [0.3, 0.4) is 0 Å².